The number of hydrogen-bond acceptors (Lipinski definition) is 3. The third-order valence-corrected chi connectivity index (χ3v) is 4.82. The molecule has 0 saturated heterocycles. The van der Waals surface area contributed by atoms with Gasteiger partial charge in [-0.15, -0.1) is 0 Å². The van der Waals surface area contributed by atoms with Crippen LogP contribution in [0.2, 0.25) is 5.02 Å². The minimum atomic E-state index is -3.52. The Labute approximate surface area is 126 Å². The van der Waals surface area contributed by atoms with Gasteiger partial charge in [0, 0.05) is 11.6 Å². The maximum atomic E-state index is 12.0. The summed E-state index contributed by atoms with van der Waals surface area (Å²) in [4.78, 5) is 0.128. The highest BCUT2D eigenvalue weighted by Crippen LogP contribution is 2.20. The molecule has 0 spiro atoms. The molecule has 0 aliphatic carbocycles. The third-order valence-electron chi connectivity index (χ3n) is 3.01. The lowest BCUT2D eigenvalue weighted by atomic mass is 10.1. The second kappa shape index (κ2) is 7.98. The zero-order valence-corrected chi connectivity index (χ0v) is 13.5. The number of rotatable bonds is 8. The van der Waals surface area contributed by atoms with Gasteiger partial charge in [0.25, 0.3) is 0 Å². The molecule has 0 aliphatic rings. The fourth-order valence-corrected chi connectivity index (χ4v) is 3.20. The predicted molar refractivity (Wildman–Crippen MR) is 81.3 cm³/mol. The third kappa shape index (κ3) is 5.40. The van der Waals surface area contributed by atoms with Crippen molar-refractivity contribution in [1.29, 1.82) is 0 Å². The summed E-state index contributed by atoms with van der Waals surface area (Å²) in [5.41, 5.74) is 0.516. The van der Waals surface area contributed by atoms with Gasteiger partial charge in [0.2, 0.25) is 10.0 Å². The number of halogens is 1. The van der Waals surface area contributed by atoms with E-state index in [0.717, 1.165) is 19.3 Å². The van der Waals surface area contributed by atoms with Crippen molar-refractivity contribution in [3.8, 4) is 0 Å². The minimum absolute atomic E-state index is 0.128. The average molecular weight is 320 g/mol. The van der Waals surface area contributed by atoms with E-state index in [4.69, 9.17) is 16.7 Å². The molecule has 1 rings (SSSR count). The van der Waals surface area contributed by atoms with E-state index in [-0.39, 0.29) is 16.5 Å². The Hall–Kier alpha value is -0.620. The van der Waals surface area contributed by atoms with Crippen LogP contribution in [0.3, 0.4) is 0 Å². The monoisotopic (exact) mass is 319 g/mol. The first kappa shape index (κ1) is 17.4. The highest BCUT2D eigenvalue weighted by molar-refractivity contribution is 7.89. The predicted octanol–water partition coefficient (Wildman–Crippen LogP) is 2.94. The lowest BCUT2D eigenvalue weighted by Gasteiger charge is -2.09. The molecule has 1 aromatic carbocycles. The molecule has 6 heteroatoms. The molecule has 0 heterocycles. The van der Waals surface area contributed by atoms with Crippen LogP contribution < -0.4 is 4.72 Å². The van der Waals surface area contributed by atoms with Crippen molar-refractivity contribution < 1.29 is 13.5 Å². The van der Waals surface area contributed by atoms with E-state index in [1.54, 1.807) is 0 Å². The van der Waals surface area contributed by atoms with E-state index in [1.165, 1.54) is 18.2 Å². The molecule has 1 aromatic rings. The zero-order chi connectivity index (χ0) is 15.2. The van der Waals surface area contributed by atoms with Crippen LogP contribution in [-0.4, -0.2) is 20.1 Å². The highest BCUT2D eigenvalue weighted by Gasteiger charge is 2.14. The summed E-state index contributed by atoms with van der Waals surface area (Å²) < 4.78 is 26.7. The molecule has 0 atom stereocenters. The van der Waals surface area contributed by atoms with Crippen LogP contribution in [0.15, 0.2) is 23.1 Å². The van der Waals surface area contributed by atoms with Crippen LogP contribution in [0.4, 0.5) is 0 Å². The van der Waals surface area contributed by atoms with Crippen molar-refractivity contribution >= 4 is 21.6 Å². The molecule has 0 aliphatic heterocycles. The largest absolute Gasteiger partial charge is 0.392 e. The number of aliphatic hydroxyl groups excluding tert-OH is 1. The van der Waals surface area contributed by atoms with Crippen molar-refractivity contribution in [3.63, 3.8) is 0 Å². The number of unbranched alkanes of at least 4 members (excludes halogenated alkanes) is 1. The smallest absolute Gasteiger partial charge is 0.240 e. The first-order valence-corrected chi connectivity index (χ1v) is 8.62. The molecule has 2 N–H and O–H groups in total. The molecule has 0 bridgehead atoms. The summed E-state index contributed by atoms with van der Waals surface area (Å²) in [5.74, 6) is 0.636. The molecule has 0 aromatic heterocycles. The molecule has 0 radical (unpaired) electrons. The summed E-state index contributed by atoms with van der Waals surface area (Å²) in [7, 11) is -3.52. The fourth-order valence-electron chi connectivity index (χ4n) is 1.79. The Balaban J connectivity index is 2.58. The molecule has 0 saturated carbocycles. The quantitative estimate of drug-likeness (QED) is 0.724. The Kier molecular flexibility index (Phi) is 6.95. The Morgan fingerprint density at radius 2 is 2.00 bits per heavy atom. The van der Waals surface area contributed by atoms with Crippen LogP contribution in [0, 0.1) is 5.92 Å². The number of nitrogens with one attached hydrogen (secondary N) is 1. The van der Waals surface area contributed by atoms with Crippen LogP contribution in [0.1, 0.15) is 38.7 Å². The molecule has 0 amide bonds. The van der Waals surface area contributed by atoms with Gasteiger partial charge in [0.1, 0.15) is 0 Å². The van der Waals surface area contributed by atoms with Gasteiger partial charge in [-0.1, -0.05) is 44.4 Å². The minimum Gasteiger partial charge on any atom is -0.392 e. The average Bonchev–Trinajstić information content (AvgIpc) is 2.37. The highest BCUT2D eigenvalue weighted by atomic mass is 35.5. The normalized spacial score (nSPS) is 12.1. The van der Waals surface area contributed by atoms with E-state index in [9.17, 15) is 8.42 Å². The first-order chi connectivity index (χ1) is 9.36. The van der Waals surface area contributed by atoms with Crippen molar-refractivity contribution in [2.45, 2.75) is 44.6 Å². The van der Waals surface area contributed by atoms with Gasteiger partial charge in [-0.05, 0) is 30.0 Å². The van der Waals surface area contributed by atoms with Gasteiger partial charge in [0.15, 0.2) is 0 Å². The van der Waals surface area contributed by atoms with Crippen molar-refractivity contribution in [2.75, 3.05) is 6.54 Å². The lowest BCUT2D eigenvalue weighted by molar-refractivity contribution is 0.282. The number of sulfonamides is 1. The Morgan fingerprint density at radius 1 is 1.30 bits per heavy atom. The lowest BCUT2D eigenvalue weighted by Crippen LogP contribution is -2.24. The van der Waals surface area contributed by atoms with Crippen molar-refractivity contribution in [2.24, 2.45) is 5.92 Å². The van der Waals surface area contributed by atoms with Gasteiger partial charge < -0.3 is 5.11 Å². The summed E-state index contributed by atoms with van der Waals surface area (Å²) >= 11 is 5.90. The molecular formula is C14H22ClNO3S. The molecule has 114 valence electrons. The van der Waals surface area contributed by atoms with E-state index in [1.807, 2.05) is 0 Å². The first-order valence-electron chi connectivity index (χ1n) is 6.75. The van der Waals surface area contributed by atoms with Gasteiger partial charge >= 0.3 is 0 Å². The van der Waals surface area contributed by atoms with Gasteiger partial charge in [-0.3, -0.25) is 0 Å². The van der Waals surface area contributed by atoms with Crippen molar-refractivity contribution in [3.05, 3.63) is 28.8 Å². The van der Waals surface area contributed by atoms with Gasteiger partial charge in [-0.25, -0.2) is 13.1 Å². The Morgan fingerprint density at radius 3 is 2.55 bits per heavy atom. The van der Waals surface area contributed by atoms with E-state index in [0.29, 0.717) is 18.0 Å². The summed E-state index contributed by atoms with van der Waals surface area (Å²) in [6.07, 6.45) is 2.92. The molecule has 20 heavy (non-hydrogen) atoms. The number of hydrogen-bond donors (Lipinski definition) is 2. The second-order valence-electron chi connectivity index (χ2n) is 5.20. The number of benzene rings is 1. The van der Waals surface area contributed by atoms with E-state index < -0.39 is 10.0 Å². The Bertz CT molecular complexity index is 529. The van der Waals surface area contributed by atoms with Crippen LogP contribution in [0.5, 0.6) is 0 Å². The van der Waals surface area contributed by atoms with Crippen LogP contribution in [-0.2, 0) is 16.6 Å². The molecule has 0 fully saturated rings. The molecular weight excluding hydrogens is 298 g/mol. The molecule has 0 unspecified atom stereocenters. The molecule has 4 nitrogen and oxygen atoms in total. The second-order valence-corrected chi connectivity index (χ2v) is 7.37. The standard InChI is InChI=1S/C14H22ClNO3S/c1-11(2)5-3-4-8-16-20(18,19)13-7-6-12(10-17)14(15)9-13/h6-7,9,11,16-17H,3-5,8,10H2,1-2H3. The van der Waals surface area contributed by atoms with Gasteiger partial charge in [0.05, 0.1) is 11.5 Å². The van der Waals surface area contributed by atoms with Gasteiger partial charge in [-0.2, -0.15) is 0 Å². The summed E-state index contributed by atoms with van der Waals surface area (Å²) in [5, 5.41) is 9.27. The van der Waals surface area contributed by atoms with Crippen LogP contribution >= 0.6 is 11.6 Å². The topological polar surface area (TPSA) is 66.4 Å². The van der Waals surface area contributed by atoms with Crippen LogP contribution in [0.25, 0.3) is 0 Å². The SMILES string of the molecule is CC(C)CCCCNS(=O)(=O)c1ccc(CO)c(Cl)c1. The summed E-state index contributed by atoms with van der Waals surface area (Å²) in [6, 6.07) is 4.34. The van der Waals surface area contributed by atoms with Crippen molar-refractivity contribution in [1.82, 2.24) is 4.72 Å². The summed E-state index contributed by atoms with van der Waals surface area (Å²) in [6.45, 7) is 4.51. The fraction of sp³-hybridized carbons (Fsp3) is 0.571. The number of aliphatic hydroxyl groups is 1. The zero-order valence-electron chi connectivity index (χ0n) is 11.9. The maximum Gasteiger partial charge on any atom is 0.240 e. The maximum absolute atomic E-state index is 12.0. The van der Waals surface area contributed by atoms with E-state index in [2.05, 4.69) is 18.6 Å². The van der Waals surface area contributed by atoms with E-state index >= 15 is 0 Å².